The quantitative estimate of drug-likeness (QED) is 0.168. The Morgan fingerprint density at radius 3 is 1.33 bits per heavy atom. The molecule has 0 aliphatic carbocycles. The zero-order chi connectivity index (χ0) is 37.5. The highest BCUT2D eigenvalue weighted by atomic mass is 15.0. The van der Waals surface area contributed by atoms with E-state index >= 15 is 0 Å². The largest absolute Gasteiger partial charge is 0.309 e. The summed E-state index contributed by atoms with van der Waals surface area (Å²) < 4.78 is 7.34. The first kappa shape index (κ1) is 31.7. The lowest BCUT2D eigenvalue weighted by molar-refractivity contribution is 1.17. The smallest absolute Gasteiger partial charge is 0.0549 e. The van der Waals surface area contributed by atoms with Crippen LogP contribution < -0.4 is 0 Å². The molecule has 0 fully saturated rings. The fourth-order valence-corrected chi connectivity index (χ4v) is 9.48. The van der Waals surface area contributed by atoms with Gasteiger partial charge in [-0.3, -0.25) is 0 Å². The van der Waals surface area contributed by atoms with Gasteiger partial charge in [-0.05, 0) is 89.5 Å². The maximum Gasteiger partial charge on any atom is 0.0549 e. The Balaban J connectivity index is 1.20. The highest BCUT2D eigenvalue weighted by Crippen LogP contribution is 2.46. The van der Waals surface area contributed by atoms with E-state index in [0.717, 1.165) is 17.1 Å². The van der Waals surface area contributed by atoms with E-state index in [1.165, 1.54) is 87.7 Å². The van der Waals surface area contributed by atoms with Gasteiger partial charge in [0.05, 0.1) is 38.8 Å². The molecule has 9 aromatic carbocycles. The van der Waals surface area contributed by atoms with E-state index in [1.54, 1.807) is 0 Å². The molecule has 0 aliphatic heterocycles. The Bertz CT molecular complexity index is 3500. The third kappa shape index (κ3) is 4.66. The van der Waals surface area contributed by atoms with Crippen molar-refractivity contribution in [2.75, 3.05) is 0 Å². The second-order valence-corrected chi connectivity index (χ2v) is 14.9. The molecular weight excluding hydrogens is 691 g/mol. The van der Waals surface area contributed by atoms with E-state index in [-0.39, 0.29) is 0 Å². The SMILES string of the molecule is c1ccc(-c2cc3c4ccccc4n(-c4ccccc4)c3cc2-c2ccccc2-n2c3ccccc3c3c4c5ccccc5n(-c5ccccc5)c4ccc32)cc1. The fraction of sp³-hybridized carbons (Fsp3) is 0. The van der Waals surface area contributed by atoms with Gasteiger partial charge < -0.3 is 13.7 Å². The maximum absolute atomic E-state index is 2.50. The fourth-order valence-electron chi connectivity index (χ4n) is 9.48. The monoisotopic (exact) mass is 725 g/mol. The standard InChI is InChI=1S/C54H35N3/c1-4-18-36(19-5-1)43-34-45-40-25-11-14-28-46(40)56(38-22-8-3-9-23-38)52(45)35-44(43)39-24-10-15-29-47(39)57-49-31-17-13-27-42(49)54-51(57)33-32-50-53(54)41-26-12-16-30-48(41)55(50)37-20-6-2-7-21-37/h1-35H. The molecule has 266 valence electrons. The third-order valence-corrected chi connectivity index (χ3v) is 11.8. The van der Waals surface area contributed by atoms with Crippen LogP contribution in [-0.4, -0.2) is 13.7 Å². The zero-order valence-corrected chi connectivity index (χ0v) is 31.0. The van der Waals surface area contributed by atoms with Crippen molar-refractivity contribution in [1.82, 2.24) is 13.7 Å². The molecule has 0 spiro atoms. The summed E-state index contributed by atoms with van der Waals surface area (Å²) in [5, 5.41) is 7.53. The summed E-state index contributed by atoms with van der Waals surface area (Å²) in [6.45, 7) is 0. The van der Waals surface area contributed by atoms with E-state index in [9.17, 15) is 0 Å². The Morgan fingerprint density at radius 1 is 0.246 bits per heavy atom. The molecule has 0 atom stereocenters. The minimum Gasteiger partial charge on any atom is -0.309 e. The van der Waals surface area contributed by atoms with E-state index in [0.29, 0.717) is 0 Å². The molecule has 0 amide bonds. The summed E-state index contributed by atoms with van der Waals surface area (Å²) in [4.78, 5) is 0. The second kappa shape index (κ2) is 12.5. The van der Waals surface area contributed by atoms with Crippen LogP contribution in [0.15, 0.2) is 212 Å². The van der Waals surface area contributed by atoms with E-state index < -0.39 is 0 Å². The molecule has 3 aromatic heterocycles. The molecule has 0 radical (unpaired) electrons. The molecule has 3 nitrogen and oxygen atoms in total. The lowest BCUT2D eigenvalue weighted by atomic mass is 9.91. The Hall–Kier alpha value is -7.62. The molecule has 0 unspecified atom stereocenters. The first-order valence-electron chi connectivity index (χ1n) is 19.6. The van der Waals surface area contributed by atoms with E-state index in [2.05, 4.69) is 226 Å². The van der Waals surface area contributed by atoms with Crippen molar-refractivity contribution in [2.24, 2.45) is 0 Å². The van der Waals surface area contributed by atoms with Crippen molar-refractivity contribution in [3.8, 4) is 39.3 Å². The molecule has 0 aliphatic rings. The predicted molar refractivity (Wildman–Crippen MR) is 240 cm³/mol. The molecule has 12 aromatic rings. The number of rotatable bonds is 5. The summed E-state index contributed by atoms with van der Waals surface area (Å²) >= 11 is 0. The van der Waals surface area contributed by atoms with Gasteiger partial charge in [-0.15, -0.1) is 0 Å². The maximum atomic E-state index is 2.50. The molecule has 0 saturated heterocycles. The summed E-state index contributed by atoms with van der Waals surface area (Å²) in [5.41, 5.74) is 15.4. The van der Waals surface area contributed by atoms with Gasteiger partial charge in [0, 0.05) is 49.3 Å². The molecule has 0 N–H and O–H groups in total. The van der Waals surface area contributed by atoms with Crippen LogP contribution in [-0.2, 0) is 0 Å². The van der Waals surface area contributed by atoms with E-state index in [1.807, 2.05) is 0 Å². The minimum absolute atomic E-state index is 1.15. The predicted octanol–water partition coefficient (Wildman–Crippen LogP) is 14.3. The van der Waals surface area contributed by atoms with Crippen LogP contribution in [0.25, 0.3) is 105 Å². The normalized spacial score (nSPS) is 11.9. The average molecular weight is 726 g/mol. The Morgan fingerprint density at radius 2 is 0.702 bits per heavy atom. The average Bonchev–Trinajstić information content (AvgIpc) is 3.92. The van der Waals surface area contributed by atoms with Gasteiger partial charge in [0.1, 0.15) is 0 Å². The molecule has 12 rings (SSSR count). The number of hydrogen-bond donors (Lipinski definition) is 0. The van der Waals surface area contributed by atoms with Gasteiger partial charge >= 0.3 is 0 Å². The summed E-state index contributed by atoms with van der Waals surface area (Å²) in [6, 6.07) is 77.4. The number of benzene rings is 9. The second-order valence-electron chi connectivity index (χ2n) is 14.9. The summed E-state index contributed by atoms with van der Waals surface area (Å²) in [6.07, 6.45) is 0. The van der Waals surface area contributed by atoms with Crippen LogP contribution in [0.1, 0.15) is 0 Å². The van der Waals surface area contributed by atoms with Crippen molar-refractivity contribution < 1.29 is 0 Å². The highest BCUT2D eigenvalue weighted by molar-refractivity contribution is 6.29. The minimum atomic E-state index is 1.15. The van der Waals surface area contributed by atoms with Crippen LogP contribution in [0.4, 0.5) is 0 Å². The van der Waals surface area contributed by atoms with E-state index in [4.69, 9.17) is 0 Å². The number of hydrogen-bond acceptors (Lipinski definition) is 0. The summed E-state index contributed by atoms with van der Waals surface area (Å²) in [7, 11) is 0. The van der Waals surface area contributed by atoms with Crippen molar-refractivity contribution >= 4 is 65.4 Å². The van der Waals surface area contributed by atoms with Crippen molar-refractivity contribution in [3.63, 3.8) is 0 Å². The molecule has 3 heterocycles. The molecule has 3 heteroatoms. The zero-order valence-electron chi connectivity index (χ0n) is 31.0. The highest BCUT2D eigenvalue weighted by Gasteiger charge is 2.23. The van der Waals surface area contributed by atoms with Crippen LogP contribution in [0, 0.1) is 0 Å². The van der Waals surface area contributed by atoms with Gasteiger partial charge in [-0.1, -0.05) is 140 Å². The van der Waals surface area contributed by atoms with Gasteiger partial charge in [-0.25, -0.2) is 0 Å². The van der Waals surface area contributed by atoms with Crippen molar-refractivity contribution in [1.29, 1.82) is 0 Å². The molecule has 0 bridgehead atoms. The number of nitrogens with zero attached hydrogens (tertiary/aromatic N) is 3. The van der Waals surface area contributed by atoms with Gasteiger partial charge in [0.15, 0.2) is 0 Å². The van der Waals surface area contributed by atoms with Crippen LogP contribution >= 0.6 is 0 Å². The number of aromatic nitrogens is 3. The van der Waals surface area contributed by atoms with Gasteiger partial charge in [-0.2, -0.15) is 0 Å². The lowest BCUT2D eigenvalue weighted by Crippen LogP contribution is -1.99. The van der Waals surface area contributed by atoms with Gasteiger partial charge in [0.2, 0.25) is 0 Å². The summed E-state index contributed by atoms with van der Waals surface area (Å²) in [5.74, 6) is 0. The van der Waals surface area contributed by atoms with Crippen molar-refractivity contribution in [2.45, 2.75) is 0 Å². The van der Waals surface area contributed by atoms with Crippen LogP contribution in [0.2, 0.25) is 0 Å². The topological polar surface area (TPSA) is 14.8 Å². The Kier molecular flexibility index (Phi) is 6.93. The van der Waals surface area contributed by atoms with Crippen LogP contribution in [0.3, 0.4) is 0 Å². The van der Waals surface area contributed by atoms with Crippen LogP contribution in [0.5, 0.6) is 0 Å². The first-order valence-corrected chi connectivity index (χ1v) is 19.6. The van der Waals surface area contributed by atoms with Crippen molar-refractivity contribution in [3.05, 3.63) is 212 Å². The lowest BCUT2D eigenvalue weighted by Gasteiger charge is -2.18. The van der Waals surface area contributed by atoms with Gasteiger partial charge in [0.25, 0.3) is 0 Å². The third-order valence-electron chi connectivity index (χ3n) is 11.8. The Labute approximate surface area is 329 Å². The molecule has 57 heavy (non-hydrogen) atoms. The number of para-hydroxylation sites is 6. The molecule has 0 saturated carbocycles. The first-order chi connectivity index (χ1) is 28.3. The molecular formula is C54H35N3. The number of fused-ring (bicyclic) bond motifs is 10.